The second-order valence-electron chi connectivity index (χ2n) is 6.79. The number of nitrogens with one attached hydrogen (secondary N) is 1. The van der Waals surface area contributed by atoms with Crippen molar-refractivity contribution in [2.45, 2.75) is 56.5 Å². The molecule has 1 aromatic carbocycles. The van der Waals surface area contributed by atoms with Gasteiger partial charge in [0.15, 0.2) is 0 Å². The van der Waals surface area contributed by atoms with Gasteiger partial charge in [-0.15, -0.1) is 0 Å². The van der Waals surface area contributed by atoms with Gasteiger partial charge < -0.3 is 10.2 Å². The Bertz CT molecular complexity index is 450. The molecule has 0 saturated heterocycles. The number of rotatable bonds is 6. The zero-order chi connectivity index (χ0) is 14.7. The van der Waals surface area contributed by atoms with Crippen LogP contribution in [-0.2, 0) is 0 Å². The summed E-state index contributed by atoms with van der Waals surface area (Å²) >= 11 is 3.57. The number of likely N-dealkylation sites (N-methyl/N-ethyl adjacent to an activating group) is 1. The second-order valence-corrected chi connectivity index (χ2v) is 7.71. The van der Waals surface area contributed by atoms with E-state index in [1.54, 1.807) is 0 Å². The lowest BCUT2D eigenvalue weighted by molar-refractivity contribution is 0.225. The molecule has 2 aliphatic rings. The predicted octanol–water partition coefficient (Wildman–Crippen LogP) is 4.16. The summed E-state index contributed by atoms with van der Waals surface area (Å²) < 4.78 is 1.20. The summed E-state index contributed by atoms with van der Waals surface area (Å²) in [6.07, 6.45) is 8.27. The minimum absolute atomic E-state index is 0.728. The molecule has 1 N–H and O–H groups in total. The molecule has 0 heterocycles. The Balaban J connectivity index is 1.34. The molecular formula is C18H27BrN2. The van der Waals surface area contributed by atoms with Crippen LogP contribution in [0.3, 0.4) is 0 Å². The first-order valence-electron chi connectivity index (χ1n) is 8.41. The topological polar surface area (TPSA) is 15.3 Å². The summed E-state index contributed by atoms with van der Waals surface area (Å²) in [4.78, 5) is 2.56. The summed E-state index contributed by atoms with van der Waals surface area (Å²) in [5.74, 6) is 0.757. The molecule has 1 aromatic rings. The first kappa shape index (κ1) is 15.5. The van der Waals surface area contributed by atoms with E-state index in [4.69, 9.17) is 0 Å². The van der Waals surface area contributed by atoms with Crippen LogP contribution in [0.1, 0.15) is 50.0 Å². The molecule has 0 radical (unpaired) electrons. The molecule has 21 heavy (non-hydrogen) atoms. The first-order chi connectivity index (χ1) is 10.2. The van der Waals surface area contributed by atoms with Gasteiger partial charge in [-0.3, -0.25) is 0 Å². The van der Waals surface area contributed by atoms with Crippen LogP contribution < -0.4 is 5.32 Å². The average Bonchev–Trinajstić information content (AvgIpc) is 2.95. The fourth-order valence-corrected chi connectivity index (χ4v) is 4.21. The van der Waals surface area contributed by atoms with Crippen molar-refractivity contribution in [1.82, 2.24) is 10.2 Å². The largest absolute Gasteiger partial charge is 0.313 e. The van der Waals surface area contributed by atoms with E-state index in [0.717, 1.165) is 24.5 Å². The van der Waals surface area contributed by atoms with E-state index in [-0.39, 0.29) is 0 Å². The highest BCUT2D eigenvalue weighted by Gasteiger charge is 2.30. The van der Waals surface area contributed by atoms with Gasteiger partial charge in [-0.2, -0.15) is 0 Å². The first-order valence-corrected chi connectivity index (χ1v) is 9.21. The third kappa shape index (κ3) is 4.08. The predicted molar refractivity (Wildman–Crippen MR) is 92.8 cm³/mol. The van der Waals surface area contributed by atoms with Gasteiger partial charge in [0.25, 0.3) is 0 Å². The van der Waals surface area contributed by atoms with Crippen LogP contribution in [0.2, 0.25) is 0 Å². The van der Waals surface area contributed by atoms with Crippen molar-refractivity contribution in [3.8, 4) is 0 Å². The van der Waals surface area contributed by atoms with Gasteiger partial charge in [0.1, 0.15) is 0 Å². The second kappa shape index (κ2) is 7.26. The minimum Gasteiger partial charge on any atom is -0.313 e. The van der Waals surface area contributed by atoms with E-state index in [1.165, 1.54) is 55.1 Å². The summed E-state index contributed by atoms with van der Waals surface area (Å²) in [6.45, 7) is 2.34. The molecule has 3 rings (SSSR count). The Labute approximate surface area is 137 Å². The maximum atomic E-state index is 3.73. The lowest BCUT2D eigenvalue weighted by Gasteiger charge is -2.37. The van der Waals surface area contributed by atoms with Gasteiger partial charge >= 0.3 is 0 Å². The maximum Gasteiger partial charge on any atom is 0.0178 e. The SMILES string of the molecule is CN(CCNC1CC(c2cccc(Br)c2)C1)C1CCCC1. The van der Waals surface area contributed by atoms with Gasteiger partial charge in [0.2, 0.25) is 0 Å². The van der Waals surface area contributed by atoms with Crippen LogP contribution in [0.5, 0.6) is 0 Å². The Morgan fingerprint density at radius 3 is 2.71 bits per heavy atom. The Hall–Kier alpha value is -0.380. The molecule has 0 atom stereocenters. The Morgan fingerprint density at radius 2 is 2.00 bits per heavy atom. The Kier molecular flexibility index (Phi) is 5.36. The van der Waals surface area contributed by atoms with Crippen LogP contribution in [-0.4, -0.2) is 37.1 Å². The maximum absolute atomic E-state index is 3.73. The van der Waals surface area contributed by atoms with Crippen LogP contribution >= 0.6 is 15.9 Å². The van der Waals surface area contributed by atoms with E-state index in [0.29, 0.717) is 0 Å². The lowest BCUT2D eigenvalue weighted by atomic mass is 9.76. The standard InChI is InChI=1S/C18H27BrN2/c1-21(18-7-2-3-8-18)10-9-20-17-12-15(13-17)14-5-4-6-16(19)11-14/h4-6,11,15,17-18,20H,2-3,7-10,12-13H2,1H3. The third-order valence-corrected chi connectivity index (χ3v) is 5.80. The van der Waals surface area contributed by atoms with E-state index in [1.807, 2.05) is 0 Å². The molecule has 0 aliphatic heterocycles. The number of hydrogen-bond acceptors (Lipinski definition) is 2. The van der Waals surface area contributed by atoms with Gasteiger partial charge in [0.05, 0.1) is 0 Å². The van der Waals surface area contributed by atoms with Crippen molar-refractivity contribution in [2.75, 3.05) is 20.1 Å². The highest BCUT2D eigenvalue weighted by molar-refractivity contribution is 9.10. The quantitative estimate of drug-likeness (QED) is 0.828. The van der Waals surface area contributed by atoms with Gasteiger partial charge in [-0.25, -0.2) is 0 Å². The summed E-state index contributed by atoms with van der Waals surface area (Å²) in [6, 6.07) is 10.4. The van der Waals surface area contributed by atoms with Crippen LogP contribution in [0, 0.1) is 0 Å². The third-order valence-electron chi connectivity index (χ3n) is 5.30. The van der Waals surface area contributed by atoms with Crippen molar-refractivity contribution in [1.29, 1.82) is 0 Å². The lowest BCUT2D eigenvalue weighted by Crippen LogP contribution is -2.44. The van der Waals surface area contributed by atoms with E-state index < -0.39 is 0 Å². The zero-order valence-electron chi connectivity index (χ0n) is 13.0. The van der Waals surface area contributed by atoms with Crippen LogP contribution in [0.15, 0.2) is 28.7 Å². The van der Waals surface area contributed by atoms with Crippen molar-refractivity contribution >= 4 is 15.9 Å². The van der Waals surface area contributed by atoms with Crippen molar-refractivity contribution in [3.63, 3.8) is 0 Å². The van der Waals surface area contributed by atoms with Gasteiger partial charge in [-0.1, -0.05) is 40.9 Å². The van der Waals surface area contributed by atoms with E-state index >= 15 is 0 Å². The summed E-state index contributed by atoms with van der Waals surface area (Å²) in [5.41, 5.74) is 1.49. The molecule has 0 aromatic heterocycles. The molecule has 0 bridgehead atoms. The van der Waals surface area contributed by atoms with Crippen molar-refractivity contribution < 1.29 is 0 Å². The van der Waals surface area contributed by atoms with Gasteiger partial charge in [0, 0.05) is 29.6 Å². The van der Waals surface area contributed by atoms with E-state index in [2.05, 4.69) is 57.5 Å². The molecular weight excluding hydrogens is 324 g/mol. The smallest absolute Gasteiger partial charge is 0.0178 e. The summed E-state index contributed by atoms with van der Waals surface area (Å²) in [5, 5.41) is 3.73. The average molecular weight is 351 g/mol. The molecule has 2 nitrogen and oxygen atoms in total. The fourth-order valence-electron chi connectivity index (χ4n) is 3.79. The van der Waals surface area contributed by atoms with Gasteiger partial charge in [-0.05, 0) is 56.3 Å². The number of nitrogens with zero attached hydrogens (tertiary/aromatic N) is 1. The molecule has 0 spiro atoms. The molecule has 2 fully saturated rings. The molecule has 2 saturated carbocycles. The molecule has 3 heteroatoms. The molecule has 0 unspecified atom stereocenters. The number of halogens is 1. The highest BCUT2D eigenvalue weighted by Crippen LogP contribution is 2.37. The van der Waals surface area contributed by atoms with Crippen molar-refractivity contribution in [2.24, 2.45) is 0 Å². The fraction of sp³-hybridized carbons (Fsp3) is 0.667. The minimum atomic E-state index is 0.728. The van der Waals surface area contributed by atoms with Crippen molar-refractivity contribution in [3.05, 3.63) is 34.3 Å². The molecule has 116 valence electrons. The molecule has 0 amide bonds. The van der Waals surface area contributed by atoms with Crippen LogP contribution in [0.4, 0.5) is 0 Å². The van der Waals surface area contributed by atoms with E-state index in [9.17, 15) is 0 Å². The Morgan fingerprint density at radius 1 is 1.24 bits per heavy atom. The number of hydrogen-bond donors (Lipinski definition) is 1. The summed E-state index contributed by atoms with van der Waals surface area (Å²) in [7, 11) is 2.29. The molecule has 2 aliphatic carbocycles. The highest BCUT2D eigenvalue weighted by atomic mass is 79.9. The van der Waals surface area contributed by atoms with Crippen LogP contribution in [0.25, 0.3) is 0 Å². The normalized spacial score (nSPS) is 26.2. The number of benzene rings is 1. The monoisotopic (exact) mass is 350 g/mol. The zero-order valence-corrected chi connectivity index (χ0v) is 14.6.